The van der Waals surface area contributed by atoms with Crippen molar-refractivity contribution in [3.8, 4) is 0 Å². The van der Waals surface area contributed by atoms with Crippen LogP contribution in [0.3, 0.4) is 0 Å². The fourth-order valence-electron chi connectivity index (χ4n) is 2.05. The van der Waals surface area contributed by atoms with Gasteiger partial charge in [0.15, 0.2) is 0 Å². The van der Waals surface area contributed by atoms with Crippen molar-refractivity contribution in [2.45, 2.75) is 59.0 Å². The Balaban J connectivity index is 2.46. The predicted molar refractivity (Wildman–Crippen MR) is 76.4 cm³/mol. The van der Waals surface area contributed by atoms with Crippen molar-refractivity contribution < 1.29 is 14.4 Å². The van der Waals surface area contributed by atoms with Crippen LogP contribution in [0.2, 0.25) is 0 Å². The van der Waals surface area contributed by atoms with Gasteiger partial charge < -0.3 is 20.3 Å². The fourth-order valence-corrected chi connectivity index (χ4v) is 2.05. The molecule has 0 aliphatic heterocycles. The van der Waals surface area contributed by atoms with Crippen LogP contribution in [-0.2, 0) is 19.4 Å². The molecule has 0 aliphatic carbocycles. The number of amides is 2. The number of carbonyl (C=O) groups is 1. The van der Waals surface area contributed by atoms with E-state index in [-0.39, 0.29) is 18.7 Å². The Hall–Kier alpha value is -1.56. The minimum atomic E-state index is -0.208. The minimum Gasteiger partial charge on any atom is -0.396 e. The van der Waals surface area contributed by atoms with E-state index in [0.29, 0.717) is 13.0 Å². The van der Waals surface area contributed by atoms with E-state index in [1.54, 1.807) is 0 Å². The van der Waals surface area contributed by atoms with Crippen LogP contribution in [0.5, 0.6) is 0 Å². The van der Waals surface area contributed by atoms with E-state index in [4.69, 9.17) is 9.63 Å². The first-order valence-corrected chi connectivity index (χ1v) is 7.23. The molecule has 6 nitrogen and oxygen atoms in total. The van der Waals surface area contributed by atoms with E-state index in [9.17, 15) is 4.79 Å². The Morgan fingerprint density at radius 1 is 1.40 bits per heavy atom. The summed E-state index contributed by atoms with van der Waals surface area (Å²) in [5.41, 5.74) is 1.88. The summed E-state index contributed by atoms with van der Waals surface area (Å²) in [5, 5.41) is 18.4. The lowest BCUT2D eigenvalue weighted by molar-refractivity contribution is 0.234. The Morgan fingerprint density at radius 3 is 2.75 bits per heavy atom. The molecular formula is C14H25N3O3. The molecule has 1 aromatic rings. The minimum absolute atomic E-state index is 0.0425. The van der Waals surface area contributed by atoms with Gasteiger partial charge in [0, 0.05) is 31.2 Å². The molecule has 114 valence electrons. The number of rotatable bonds is 8. The van der Waals surface area contributed by atoms with E-state index in [1.165, 1.54) is 0 Å². The molecule has 0 saturated heterocycles. The highest BCUT2D eigenvalue weighted by molar-refractivity contribution is 5.74. The van der Waals surface area contributed by atoms with Crippen LogP contribution in [0.15, 0.2) is 4.52 Å². The smallest absolute Gasteiger partial charge is 0.315 e. The second-order valence-electron chi connectivity index (χ2n) is 4.83. The first kappa shape index (κ1) is 16.5. The average molecular weight is 283 g/mol. The molecule has 1 rings (SSSR count). The molecule has 1 aromatic heterocycles. The molecule has 0 fully saturated rings. The fraction of sp³-hybridized carbons (Fsp3) is 0.714. The molecule has 0 saturated carbocycles. The SMILES string of the molecule is CCc1noc(CC)c1CNC(=O)NC(C)CCCO. The van der Waals surface area contributed by atoms with Gasteiger partial charge in [0.2, 0.25) is 0 Å². The zero-order chi connectivity index (χ0) is 15.0. The topological polar surface area (TPSA) is 87.4 Å². The van der Waals surface area contributed by atoms with E-state index in [0.717, 1.165) is 36.3 Å². The summed E-state index contributed by atoms with van der Waals surface area (Å²) in [6, 6.07) is -0.165. The molecule has 0 radical (unpaired) electrons. The third-order valence-electron chi connectivity index (χ3n) is 3.21. The molecule has 1 heterocycles. The van der Waals surface area contributed by atoms with Crippen molar-refractivity contribution in [3.63, 3.8) is 0 Å². The average Bonchev–Trinajstić information content (AvgIpc) is 2.84. The number of aryl methyl sites for hydroxylation is 2. The second-order valence-corrected chi connectivity index (χ2v) is 4.83. The monoisotopic (exact) mass is 283 g/mol. The molecule has 0 aromatic carbocycles. The predicted octanol–water partition coefficient (Wildman–Crippen LogP) is 1.76. The Bertz CT molecular complexity index is 396. The maximum Gasteiger partial charge on any atom is 0.315 e. The van der Waals surface area contributed by atoms with Crippen molar-refractivity contribution in [1.29, 1.82) is 0 Å². The lowest BCUT2D eigenvalue weighted by Gasteiger charge is -2.14. The van der Waals surface area contributed by atoms with Crippen molar-refractivity contribution >= 4 is 6.03 Å². The number of urea groups is 1. The van der Waals surface area contributed by atoms with E-state index in [1.807, 2.05) is 20.8 Å². The van der Waals surface area contributed by atoms with Gasteiger partial charge in [0.1, 0.15) is 5.76 Å². The number of carbonyl (C=O) groups excluding carboxylic acids is 1. The molecular weight excluding hydrogens is 258 g/mol. The summed E-state index contributed by atoms with van der Waals surface area (Å²) in [6.07, 6.45) is 3.00. The van der Waals surface area contributed by atoms with Crippen LogP contribution in [-0.4, -0.2) is 28.9 Å². The number of aromatic nitrogens is 1. The molecule has 0 bridgehead atoms. The number of hydrogen-bond acceptors (Lipinski definition) is 4. The summed E-state index contributed by atoms with van der Waals surface area (Å²) in [7, 11) is 0. The molecule has 2 amide bonds. The van der Waals surface area contributed by atoms with Crippen LogP contribution >= 0.6 is 0 Å². The first-order chi connectivity index (χ1) is 9.62. The van der Waals surface area contributed by atoms with Gasteiger partial charge in [-0.3, -0.25) is 0 Å². The Kier molecular flexibility index (Phi) is 7.08. The van der Waals surface area contributed by atoms with Gasteiger partial charge in [-0.15, -0.1) is 0 Å². The van der Waals surface area contributed by atoms with Crippen molar-refractivity contribution in [2.24, 2.45) is 0 Å². The van der Waals surface area contributed by atoms with Crippen LogP contribution in [0.25, 0.3) is 0 Å². The second kappa shape index (κ2) is 8.58. The summed E-state index contributed by atoms with van der Waals surface area (Å²) < 4.78 is 5.25. The van der Waals surface area contributed by atoms with Gasteiger partial charge in [-0.1, -0.05) is 19.0 Å². The van der Waals surface area contributed by atoms with E-state index >= 15 is 0 Å². The highest BCUT2D eigenvalue weighted by atomic mass is 16.5. The number of nitrogens with zero attached hydrogens (tertiary/aromatic N) is 1. The zero-order valence-corrected chi connectivity index (χ0v) is 12.5. The molecule has 0 spiro atoms. The highest BCUT2D eigenvalue weighted by Gasteiger charge is 2.14. The van der Waals surface area contributed by atoms with Crippen molar-refractivity contribution in [2.75, 3.05) is 6.61 Å². The molecule has 20 heavy (non-hydrogen) atoms. The highest BCUT2D eigenvalue weighted by Crippen LogP contribution is 2.15. The molecule has 3 N–H and O–H groups in total. The molecule has 1 atom stereocenters. The third kappa shape index (κ3) is 4.85. The largest absolute Gasteiger partial charge is 0.396 e. The molecule has 1 unspecified atom stereocenters. The summed E-state index contributed by atoms with van der Waals surface area (Å²) in [5.74, 6) is 0.829. The third-order valence-corrected chi connectivity index (χ3v) is 3.21. The van der Waals surface area contributed by atoms with Gasteiger partial charge in [-0.25, -0.2) is 4.79 Å². The van der Waals surface area contributed by atoms with Gasteiger partial charge >= 0.3 is 6.03 Å². The lowest BCUT2D eigenvalue weighted by Crippen LogP contribution is -2.40. The standard InChI is InChI=1S/C14H25N3O3/c1-4-12-11(13(5-2)20-17-12)9-15-14(19)16-10(3)7-6-8-18/h10,18H,4-9H2,1-3H3,(H2,15,16,19). The summed E-state index contributed by atoms with van der Waals surface area (Å²) in [6.45, 7) is 6.50. The number of nitrogens with one attached hydrogen (secondary N) is 2. The number of hydrogen-bond donors (Lipinski definition) is 3. The van der Waals surface area contributed by atoms with Gasteiger partial charge in [0.05, 0.1) is 5.69 Å². The quantitative estimate of drug-likeness (QED) is 0.678. The Morgan fingerprint density at radius 2 is 2.15 bits per heavy atom. The first-order valence-electron chi connectivity index (χ1n) is 7.23. The van der Waals surface area contributed by atoms with Crippen LogP contribution < -0.4 is 10.6 Å². The van der Waals surface area contributed by atoms with Crippen LogP contribution in [0, 0.1) is 0 Å². The van der Waals surface area contributed by atoms with Crippen molar-refractivity contribution in [1.82, 2.24) is 15.8 Å². The Labute approximate surface area is 119 Å². The molecule has 0 aliphatic rings. The normalized spacial score (nSPS) is 12.2. The van der Waals surface area contributed by atoms with Gasteiger partial charge in [-0.05, 0) is 26.2 Å². The number of aliphatic hydroxyl groups excluding tert-OH is 1. The maximum atomic E-state index is 11.8. The van der Waals surface area contributed by atoms with Gasteiger partial charge in [0.25, 0.3) is 0 Å². The van der Waals surface area contributed by atoms with Gasteiger partial charge in [-0.2, -0.15) is 0 Å². The summed E-state index contributed by atoms with van der Waals surface area (Å²) >= 11 is 0. The van der Waals surface area contributed by atoms with Crippen LogP contribution in [0.1, 0.15) is 50.6 Å². The van der Waals surface area contributed by atoms with Crippen LogP contribution in [0.4, 0.5) is 4.79 Å². The van der Waals surface area contributed by atoms with Crippen molar-refractivity contribution in [3.05, 3.63) is 17.0 Å². The van der Waals surface area contributed by atoms with E-state index < -0.39 is 0 Å². The maximum absolute atomic E-state index is 11.8. The summed E-state index contributed by atoms with van der Waals surface area (Å²) in [4.78, 5) is 11.8. The molecule has 6 heteroatoms. The number of aliphatic hydroxyl groups is 1. The lowest BCUT2D eigenvalue weighted by atomic mass is 10.1. The zero-order valence-electron chi connectivity index (χ0n) is 12.5. The van der Waals surface area contributed by atoms with E-state index in [2.05, 4.69) is 15.8 Å².